The van der Waals surface area contributed by atoms with Crippen LogP contribution >= 0.6 is 0 Å². The van der Waals surface area contributed by atoms with Crippen molar-refractivity contribution in [3.8, 4) is 0 Å². The van der Waals surface area contributed by atoms with E-state index in [1.54, 1.807) is 0 Å². The fourth-order valence-electron chi connectivity index (χ4n) is 4.74. The number of rotatable bonds is 6. The van der Waals surface area contributed by atoms with Gasteiger partial charge in [-0.25, -0.2) is 0 Å². The molecule has 2 rings (SSSR count). The average molecular weight is 319 g/mol. The molecular formula is C20H33NO2. The van der Waals surface area contributed by atoms with Gasteiger partial charge in [0.1, 0.15) is 6.29 Å². The second kappa shape index (κ2) is 9.24. The maximum Gasteiger partial charge on any atom is 0.246 e. The van der Waals surface area contributed by atoms with Gasteiger partial charge in [0.05, 0.1) is 0 Å². The van der Waals surface area contributed by atoms with Crippen LogP contribution in [-0.4, -0.2) is 30.2 Å². The van der Waals surface area contributed by atoms with Gasteiger partial charge in [0.15, 0.2) is 0 Å². The first-order valence-corrected chi connectivity index (χ1v) is 9.54. The Morgan fingerprint density at radius 3 is 2.09 bits per heavy atom. The van der Waals surface area contributed by atoms with Crippen LogP contribution in [0.4, 0.5) is 0 Å². The van der Waals surface area contributed by atoms with Crippen LogP contribution in [0.25, 0.3) is 0 Å². The molecule has 3 heteroatoms. The van der Waals surface area contributed by atoms with Crippen LogP contribution in [0.3, 0.4) is 0 Å². The highest BCUT2D eigenvalue weighted by molar-refractivity contribution is 5.90. The molecular weight excluding hydrogens is 286 g/mol. The quantitative estimate of drug-likeness (QED) is 0.538. The molecule has 0 radical (unpaired) electrons. The molecule has 0 aromatic heterocycles. The summed E-state index contributed by atoms with van der Waals surface area (Å²) in [5.74, 6) is 2.75. The Hall–Kier alpha value is -1.12. The van der Waals surface area contributed by atoms with Crippen LogP contribution in [0.2, 0.25) is 0 Å². The third kappa shape index (κ3) is 5.19. The van der Waals surface area contributed by atoms with Crippen molar-refractivity contribution in [1.82, 2.24) is 4.90 Å². The van der Waals surface area contributed by atoms with Crippen molar-refractivity contribution in [2.45, 2.75) is 77.2 Å². The highest BCUT2D eigenvalue weighted by Gasteiger charge is 2.32. The second-order valence-electron chi connectivity index (χ2n) is 7.58. The van der Waals surface area contributed by atoms with Crippen LogP contribution < -0.4 is 0 Å². The minimum Gasteiger partial charge on any atom is -0.339 e. The summed E-state index contributed by atoms with van der Waals surface area (Å²) in [7, 11) is 1.87. The molecule has 0 aliphatic heterocycles. The zero-order valence-electron chi connectivity index (χ0n) is 14.9. The van der Waals surface area contributed by atoms with E-state index in [0.717, 1.165) is 30.6 Å². The number of hydrogen-bond acceptors (Lipinski definition) is 2. The largest absolute Gasteiger partial charge is 0.339 e. The third-order valence-electron chi connectivity index (χ3n) is 6.21. The van der Waals surface area contributed by atoms with Crippen LogP contribution in [0, 0.1) is 17.8 Å². The van der Waals surface area contributed by atoms with Crippen molar-refractivity contribution in [3.05, 3.63) is 12.2 Å². The Balaban J connectivity index is 1.75. The molecule has 0 heterocycles. The summed E-state index contributed by atoms with van der Waals surface area (Å²) >= 11 is 0. The summed E-state index contributed by atoms with van der Waals surface area (Å²) in [5, 5.41) is 0. The van der Waals surface area contributed by atoms with Gasteiger partial charge in [0.2, 0.25) is 5.91 Å². The molecule has 2 aliphatic rings. The van der Waals surface area contributed by atoms with Crippen LogP contribution in [-0.2, 0) is 9.59 Å². The number of aldehydes is 1. The number of carbonyl (C=O) groups is 2. The molecule has 0 N–H and O–H groups in total. The Morgan fingerprint density at radius 2 is 1.57 bits per heavy atom. The van der Waals surface area contributed by atoms with Gasteiger partial charge < -0.3 is 4.90 Å². The maximum absolute atomic E-state index is 12.0. The highest BCUT2D eigenvalue weighted by Crippen LogP contribution is 2.41. The average Bonchev–Trinajstić information content (AvgIpc) is 2.60. The van der Waals surface area contributed by atoms with E-state index in [4.69, 9.17) is 0 Å². The number of amides is 1. The molecule has 0 spiro atoms. The molecule has 0 aromatic carbocycles. The minimum absolute atomic E-state index is 0.0411. The standard InChI is InChI=1S/C20H33NO2/c1-3-5-16-7-9-17(10-8-16)18-11-13-19(14-12-18)21(2)20(23)6-4-15-22/h4,6,15-19H,3,5,7-14H2,1-2H3/b6-4-. The van der Waals surface area contributed by atoms with E-state index in [0.29, 0.717) is 12.3 Å². The van der Waals surface area contributed by atoms with Gasteiger partial charge in [0.25, 0.3) is 0 Å². The number of allylic oxidation sites excluding steroid dienone is 1. The van der Waals surface area contributed by atoms with Gasteiger partial charge in [-0.1, -0.05) is 32.6 Å². The lowest BCUT2D eigenvalue weighted by molar-refractivity contribution is -0.127. The van der Waals surface area contributed by atoms with Crippen molar-refractivity contribution < 1.29 is 9.59 Å². The summed E-state index contributed by atoms with van der Waals surface area (Å²) in [6.45, 7) is 2.30. The van der Waals surface area contributed by atoms with Crippen molar-refractivity contribution in [3.63, 3.8) is 0 Å². The van der Waals surface area contributed by atoms with E-state index in [9.17, 15) is 9.59 Å². The molecule has 0 saturated heterocycles. The highest BCUT2D eigenvalue weighted by atomic mass is 16.2. The monoisotopic (exact) mass is 319 g/mol. The molecule has 0 unspecified atom stereocenters. The Labute approximate surface area is 141 Å². The lowest BCUT2D eigenvalue weighted by Gasteiger charge is -2.40. The molecule has 2 aliphatic carbocycles. The summed E-state index contributed by atoms with van der Waals surface area (Å²) in [5.41, 5.74) is 0. The topological polar surface area (TPSA) is 37.4 Å². The van der Waals surface area contributed by atoms with Gasteiger partial charge in [-0.15, -0.1) is 0 Å². The summed E-state index contributed by atoms with van der Waals surface area (Å²) in [6.07, 6.45) is 16.6. The molecule has 23 heavy (non-hydrogen) atoms. The SMILES string of the molecule is CCCC1CCC(C2CCC(N(C)C(=O)/C=C\C=O)CC2)CC1. The molecule has 3 nitrogen and oxygen atoms in total. The van der Waals surface area contributed by atoms with Crippen molar-refractivity contribution in [1.29, 1.82) is 0 Å². The fourth-order valence-corrected chi connectivity index (χ4v) is 4.74. The molecule has 2 fully saturated rings. The van der Waals surface area contributed by atoms with Gasteiger partial charge in [-0.05, 0) is 62.4 Å². The van der Waals surface area contributed by atoms with Crippen LogP contribution in [0.1, 0.15) is 71.1 Å². The zero-order valence-corrected chi connectivity index (χ0v) is 14.9. The lowest BCUT2D eigenvalue weighted by Crippen LogP contribution is -2.39. The normalized spacial score (nSPS) is 31.9. The molecule has 0 bridgehead atoms. The summed E-state index contributed by atoms with van der Waals surface area (Å²) < 4.78 is 0. The maximum atomic E-state index is 12.0. The molecule has 2 saturated carbocycles. The Morgan fingerprint density at radius 1 is 1.00 bits per heavy atom. The van der Waals surface area contributed by atoms with Crippen LogP contribution in [0.15, 0.2) is 12.2 Å². The van der Waals surface area contributed by atoms with Crippen LogP contribution in [0.5, 0.6) is 0 Å². The summed E-state index contributed by atoms with van der Waals surface area (Å²) in [6, 6.07) is 0.353. The predicted molar refractivity (Wildman–Crippen MR) is 94.1 cm³/mol. The van der Waals surface area contributed by atoms with E-state index in [-0.39, 0.29) is 5.91 Å². The van der Waals surface area contributed by atoms with E-state index < -0.39 is 0 Å². The van der Waals surface area contributed by atoms with Crippen molar-refractivity contribution in [2.75, 3.05) is 7.05 Å². The number of hydrogen-bond donors (Lipinski definition) is 0. The van der Waals surface area contributed by atoms with Crippen molar-refractivity contribution in [2.24, 2.45) is 17.8 Å². The molecule has 0 atom stereocenters. The first kappa shape index (κ1) is 18.2. The molecule has 130 valence electrons. The Kier molecular flexibility index (Phi) is 7.32. The van der Waals surface area contributed by atoms with E-state index >= 15 is 0 Å². The van der Waals surface area contributed by atoms with E-state index in [1.807, 2.05) is 11.9 Å². The first-order valence-electron chi connectivity index (χ1n) is 9.54. The number of nitrogens with zero attached hydrogens (tertiary/aromatic N) is 1. The fraction of sp³-hybridized carbons (Fsp3) is 0.800. The predicted octanol–water partition coefficient (Wildman–Crippen LogP) is 4.37. The van der Waals surface area contributed by atoms with Crippen molar-refractivity contribution >= 4 is 12.2 Å². The van der Waals surface area contributed by atoms with E-state index in [1.165, 1.54) is 63.5 Å². The van der Waals surface area contributed by atoms with Gasteiger partial charge >= 0.3 is 0 Å². The first-order chi connectivity index (χ1) is 11.2. The van der Waals surface area contributed by atoms with E-state index in [2.05, 4.69) is 6.92 Å². The zero-order chi connectivity index (χ0) is 16.7. The molecule has 1 amide bonds. The Bertz CT molecular complexity index is 402. The lowest BCUT2D eigenvalue weighted by atomic mass is 9.69. The molecule has 0 aromatic rings. The second-order valence-corrected chi connectivity index (χ2v) is 7.58. The summed E-state index contributed by atoms with van der Waals surface area (Å²) in [4.78, 5) is 24.1. The third-order valence-corrected chi connectivity index (χ3v) is 6.21. The van der Waals surface area contributed by atoms with Gasteiger partial charge in [-0.2, -0.15) is 0 Å². The van der Waals surface area contributed by atoms with Gasteiger partial charge in [0, 0.05) is 19.2 Å². The van der Waals surface area contributed by atoms with Gasteiger partial charge in [-0.3, -0.25) is 9.59 Å². The smallest absolute Gasteiger partial charge is 0.246 e. The minimum atomic E-state index is -0.0411. The number of likely N-dealkylation sites (N-methyl/N-ethyl adjacent to an activating group) is 1. The number of carbonyl (C=O) groups excluding carboxylic acids is 2.